The highest BCUT2D eigenvalue weighted by Crippen LogP contribution is 2.39. The maximum absolute atomic E-state index is 6.58. The zero-order valence-corrected chi connectivity index (χ0v) is 13.8. The Morgan fingerprint density at radius 3 is 2.38 bits per heavy atom. The minimum absolute atomic E-state index is 0.900. The lowest BCUT2D eigenvalue weighted by Gasteiger charge is -2.28. The van der Waals surface area contributed by atoms with Crippen LogP contribution in [0.3, 0.4) is 0 Å². The predicted octanol–water partition coefficient (Wildman–Crippen LogP) is 4.47. The van der Waals surface area contributed by atoms with Crippen LogP contribution in [0.1, 0.15) is 44.6 Å². The molecule has 0 atom stereocenters. The Labute approximate surface area is 133 Å². The van der Waals surface area contributed by atoms with Gasteiger partial charge in [-0.25, -0.2) is 0 Å². The summed E-state index contributed by atoms with van der Waals surface area (Å²) in [5.74, 6) is 1.80. The van der Waals surface area contributed by atoms with Crippen molar-refractivity contribution < 1.29 is 0 Å². The van der Waals surface area contributed by atoms with Crippen molar-refractivity contribution in [3.63, 3.8) is 0 Å². The molecular weight excluding hydrogens is 280 g/mol. The normalized spacial score (nSPS) is 18.0. The van der Waals surface area contributed by atoms with Crippen molar-refractivity contribution in [3.05, 3.63) is 28.8 Å². The topological polar surface area (TPSA) is 15.3 Å². The molecule has 0 heterocycles. The molecule has 2 nitrogen and oxygen atoms in total. The first kappa shape index (κ1) is 15.2. The van der Waals surface area contributed by atoms with Crippen LogP contribution in [-0.2, 0) is 6.54 Å². The lowest BCUT2D eigenvalue weighted by Crippen LogP contribution is -2.30. The van der Waals surface area contributed by atoms with E-state index in [2.05, 4.69) is 29.3 Å². The van der Waals surface area contributed by atoms with Gasteiger partial charge in [-0.15, -0.1) is 0 Å². The smallest absolute Gasteiger partial charge is 0.0642 e. The minimum atomic E-state index is 0.900. The molecule has 2 aliphatic rings. The fourth-order valence-corrected chi connectivity index (χ4v) is 3.25. The lowest BCUT2D eigenvalue weighted by atomic mass is 10.1. The van der Waals surface area contributed by atoms with Gasteiger partial charge in [0.2, 0.25) is 0 Å². The third-order valence-corrected chi connectivity index (χ3v) is 4.78. The first-order chi connectivity index (χ1) is 10.3. The summed E-state index contributed by atoms with van der Waals surface area (Å²) in [6, 6.07) is 6.37. The van der Waals surface area contributed by atoms with Gasteiger partial charge in [0.25, 0.3) is 0 Å². The molecule has 0 aromatic heterocycles. The van der Waals surface area contributed by atoms with E-state index >= 15 is 0 Å². The third kappa shape index (κ3) is 4.37. The van der Waals surface area contributed by atoms with Crippen LogP contribution in [0.5, 0.6) is 0 Å². The fraction of sp³-hybridized carbons (Fsp3) is 0.667. The first-order valence-electron chi connectivity index (χ1n) is 8.51. The summed E-state index contributed by atoms with van der Waals surface area (Å²) in [5, 5.41) is 4.45. The Morgan fingerprint density at radius 2 is 1.81 bits per heavy atom. The zero-order chi connectivity index (χ0) is 14.7. The van der Waals surface area contributed by atoms with Crippen LogP contribution in [0.4, 0.5) is 5.69 Å². The van der Waals surface area contributed by atoms with E-state index in [-0.39, 0.29) is 0 Å². The predicted molar refractivity (Wildman–Crippen MR) is 91.1 cm³/mol. The lowest BCUT2D eigenvalue weighted by molar-refractivity contribution is 0.655. The second-order valence-corrected chi connectivity index (χ2v) is 7.12. The summed E-state index contributed by atoms with van der Waals surface area (Å²) < 4.78 is 0. The molecule has 0 bridgehead atoms. The molecule has 0 radical (unpaired) electrons. The number of para-hydroxylation sites is 1. The number of nitrogens with one attached hydrogen (secondary N) is 1. The summed E-state index contributed by atoms with van der Waals surface area (Å²) in [4.78, 5) is 2.58. The van der Waals surface area contributed by atoms with E-state index < -0.39 is 0 Å². The van der Waals surface area contributed by atoms with Crippen LogP contribution in [0, 0.1) is 11.8 Å². The van der Waals surface area contributed by atoms with Crippen LogP contribution in [-0.4, -0.2) is 19.6 Å². The van der Waals surface area contributed by atoms with Gasteiger partial charge >= 0.3 is 0 Å². The molecule has 0 unspecified atom stereocenters. The second-order valence-electron chi connectivity index (χ2n) is 6.72. The standard InChI is InChI=1S/C18H27ClN2/c1-2-10-20-11-16-4-3-5-17(19)18(16)21(12-14-6-7-14)13-15-8-9-15/h3-5,14-15,20H,2,6-13H2,1H3. The number of anilines is 1. The van der Waals surface area contributed by atoms with Crippen LogP contribution in [0.25, 0.3) is 0 Å². The van der Waals surface area contributed by atoms with Gasteiger partial charge in [0.1, 0.15) is 0 Å². The number of rotatable bonds is 9. The molecule has 2 aliphatic carbocycles. The summed E-state index contributed by atoms with van der Waals surface area (Å²) in [6.45, 7) is 6.59. The highest BCUT2D eigenvalue weighted by Gasteiger charge is 2.30. The molecule has 0 spiro atoms. The van der Waals surface area contributed by atoms with Gasteiger partial charge in [0, 0.05) is 19.6 Å². The number of benzene rings is 1. The maximum atomic E-state index is 6.58. The van der Waals surface area contributed by atoms with E-state index in [1.807, 2.05) is 6.07 Å². The summed E-state index contributed by atoms with van der Waals surface area (Å²) in [6.07, 6.45) is 6.76. The molecule has 3 heteroatoms. The molecule has 0 aliphatic heterocycles. The summed E-state index contributed by atoms with van der Waals surface area (Å²) in [7, 11) is 0. The molecule has 0 saturated heterocycles. The fourth-order valence-electron chi connectivity index (χ4n) is 2.94. The number of halogens is 1. The van der Waals surface area contributed by atoms with Crippen molar-refractivity contribution in [2.24, 2.45) is 11.8 Å². The molecule has 2 fully saturated rings. The Bertz CT molecular complexity index is 452. The second kappa shape index (κ2) is 7.02. The van der Waals surface area contributed by atoms with E-state index in [9.17, 15) is 0 Å². The van der Waals surface area contributed by atoms with E-state index in [1.54, 1.807) is 0 Å². The van der Waals surface area contributed by atoms with Gasteiger partial charge in [0.15, 0.2) is 0 Å². The van der Waals surface area contributed by atoms with Crippen LogP contribution in [0.2, 0.25) is 5.02 Å². The Balaban J connectivity index is 1.77. The maximum Gasteiger partial charge on any atom is 0.0642 e. The molecule has 1 aromatic carbocycles. The van der Waals surface area contributed by atoms with E-state index in [1.165, 1.54) is 56.4 Å². The molecule has 3 rings (SSSR count). The van der Waals surface area contributed by atoms with Crippen LogP contribution >= 0.6 is 11.6 Å². The van der Waals surface area contributed by atoms with Crippen molar-refractivity contribution in [1.29, 1.82) is 0 Å². The third-order valence-electron chi connectivity index (χ3n) is 4.48. The average molecular weight is 307 g/mol. The Hall–Kier alpha value is -0.730. The van der Waals surface area contributed by atoms with Crippen molar-refractivity contribution in [2.75, 3.05) is 24.5 Å². The van der Waals surface area contributed by atoms with Crippen LogP contribution in [0.15, 0.2) is 18.2 Å². The number of nitrogens with zero attached hydrogens (tertiary/aromatic N) is 1. The van der Waals surface area contributed by atoms with Crippen molar-refractivity contribution in [1.82, 2.24) is 5.32 Å². The molecule has 1 N–H and O–H groups in total. The Morgan fingerprint density at radius 1 is 1.14 bits per heavy atom. The molecular formula is C18H27ClN2. The van der Waals surface area contributed by atoms with Crippen molar-refractivity contribution in [2.45, 2.75) is 45.6 Å². The summed E-state index contributed by atoms with van der Waals surface area (Å²) in [5.41, 5.74) is 2.65. The first-order valence-corrected chi connectivity index (χ1v) is 8.88. The molecule has 2 saturated carbocycles. The van der Waals surface area contributed by atoms with Crippen LogP contribution < -0.4 is 10.2 Å². The van der Waals surface area contributed by atoms with Gasteiger partial charge < -0.3 is 10.2 Å². The zero-order valence-electron chi connectivity index (χ0n) is 13.1. The summed E-state index contributed by atoms with van der Waals surface area (Å²) >= 11 is 6.58. The Kier molecular flexibility index (Phi) is 5.07. The highest BCUT2D eigenvalue weighted by molar-refractivity contribution is 6.33. The van der Waals surface area contributed by atoms with Gasteiger partial charge in [-0.05, 0) is 62.1 Å². The molecule has 116 valence electrons. The largest absolute Gasteiger partial charge is 0.370 e. The van der Waals surface area contributed by atoms with Crippen molar-refractivity contribution in [3.8, 4) is 0 Å². The van der Waals surface area contributed by atoms with Gasteiger partial charge in [-0.2, -0.15) is 0 Å². The highest BCUT2D eigenvalue weighted by atomic mass is 35.5. The average Bonchev–Trinajstić information content (AvgIpc) is 3.34. The number of hydrogen-bond acceptors (Lipinski definition) is 2. The monoisotopic (exact) mass is 306 g/mol. The van der Waals surface area contributed by atoms with E-state index in [4.69, 9.17) is 11.6 Å². The van der Waals surface area contributed by atoms with Crippen molar-refractivity contribution >= 4 is 17.3 Å². The molecule has 0 amide bonds. The molecule has 1 aromatic rings. The van der Waals surface area contributed by atoms with E-state index in [0.29, 0.717) is 0 Å². The van der Waals surface area contributed by atoms with Gasteiger partial charge in [-0.3, -0.25) is 0 Å². The van der Waals surface area contributed by atoms with E-state index in [0.717, 1.165) is 29.9 Å². The van der Waals surface area contributed by atoms with Gasteiger partial charge in [-0.1, -0.05) is 30.7 Å². The quantitative estimate of drug-likeness (QED) is 0.677. The number of hydrogen-bond donors (Lipinski definition) is 1. The SMILES string of the molecule is CCCNCc1cccc(Cl)c1N(CC1CC1)CC1CC1. The molecule has 21 heavy (non-hydrogen) atoms. The van der Waals surface area contributed by atoms with Gasteiger partial charge in [0.05, 0.1) is 10.7 Å². The minimum Gasteiger partial charge on any atom is -0.370 e.